The Morgan fingerprint density at radius 1 is 1.55 bits per heavy atom. The van der Waals surface area contributed by atoms with E-state index in [1.54, 1.807) is 0 Å². The molecule has 0 aromatic heterocycles. The van der Waals surface area contributed by atoms with Gasteiger partial charge in [-0.2, -0.15) is 0 Å². The van der Waals surface area contributed by atoms with Crippen molar-refractivity contribution in [2.75, 3.05) is 13.1 Å². The van der Waals surface area contributed by atoms with Crippen LogP contribution in [0.25, 0.3) is 0 Å². The lowest BCUT2D eigenvalue weighted by molar-refractivity contribution is 0.170. The first-order chi connectivity index (χ1) is 5.12. The maximum Gasteiger partial charge on any atom is 0.405 e. The summed E-state index contributed by atoms with van der Waals surface area (Å²) in [6, 6.07) is 0. The van der Waals surface area contributed by atoms with Crippen molar-refractivity contribution in [2.45, 2.75) is 25.3 Å². The first-order valence-electron chi connectivity index (χ1n) is 3.84. The highest BCUT2D eigenvalue weighted by Crippen LogP contribution is 2.16. The molecule has 0 atom stereocenters. The molecule has 11 heavy (non-hydrogen) atoms. The highest BCUT2D eigenvalue weighted by Gasteiger charge is 2.27. The summed E-state index contributed by atoms with van der Waals surface area (Å²) in [5.74, 6) is 0. The van der Waals surface area contributed by atoms with Gasteiger partial charge in [-0.05, 0) is 32.9 Å². The van der Waals surface area contributed by atoms with E-state index in [1.807, 2.05) is 6.92 Å². The van der Waals surface area contributed by atoms with Gasteiger partial charge in [0.1, 0.15) is 0 Å². The Hall–Kier alpha value is -0.770. The fraction of sp³-hybridized carbons (Fsp3) is 0.857. The van der Waals surface area contributed by atoms with E-state index in [4.69, 9.17) is 5.11 Å². The van der Waals surface area contributed by atoms with Gasteiger partial charge in [-0.1, -0.05) is 0 Å². The molecule has 1 saturated heterocycles. The van der Waals surface area contributed by atoms with Crippen molar-refractivity contribution in [3.05, 3.63) is 0 Å². The molecule has 0 aromatic rings. The molecule has 4 nitrogen and oxygen atoms in total. The van der Waals surface area contributed by atoms with E-state index in [2.05, 4.69) is 10.6 Å². The number of nitrogens with one attached hydrogen (secondary N) is 2. The number of piperidine rings is 1. The quantitative estimate of drug-likeness (QED) is 0.517. The second-order valence-corrected chi connectivity index (χ2v) is 3.24. The molecule has 3 N–H and O–H groups in total. The molecule has 0 aromatic carbocycles. The van der Waals surface area contributed by atoms with E-state index in [-0.39, 0.29) is 5.54 Å². The van der Waals surface area contributed by atoms with Crippen LogP contribution in [0.1, 0.15) is 19.8 Å². The van der Waals surface area contributed by atoms with Gasteiger partial charge in [0.15, 0.2) is 0 Å². The van der Waals surface area contributed by atoms with Gasteiger partial charge in [0, 0.05) is 5.54 Å². The summed E-state index contributed by atoms with van der Waals surface area (Å²) < 4.78 is 0. The van der Waals surface area contributed by atoms with Crippen molar-refractivity contribution in [1.82, 2.24) is 10.6 Å². The number of hydrogen-bond donors (Lipinski definition) is 3. The topological polar surface area (TPSA) is 61.4 Å². The van der Waals surface area contributed by atoms with E-state index in [9.17, 15) is 4.79 Å². The van der Waals surface area contributed by atoms with Gasteiger partial charge in [0.2, 0.25) is 0 Å². The van der Waals surface area contributed by atoms with E-state index in [0.29, 0.717) is 0 Å². The third kappa shape index (κ3) is 2.38. The second kappa shape index (κ2) is 3.09. The zero-order valence-corrected chi connectivity index (χ0v) is 6.68. The summed E-state index contributed by atoms with van der Waals surface area (Å²) in [4.78, 5) is 10.3. The number of carbonyl (C=O) groups is 1. The first kappa shape index (κ1) is 8.33. The van der Waals surface area contributed by atoms with Crippen LogP contribution < -0.4 is 10.6 Å². The molecule has 0 saturated carbocycles. The fourth-order valence-corrected chi connectivity index (χ4v) is 1.36. The molecule has 0 spiro atoms. The monoisotopic (exact) mass is 158 g/mol. The van der Waals surface area contributed by atoms with Gasteiger partial charge in [0.25, 0.3) is 0 Å². The van der Waals surface area contributed by atoms with Gasteiger partial charge in [-0.25, -0.2) is 4.79 Å². The minimum Gasteiger partial charge on any atom is -0.465 e. The van der Waals surface area contributed by atoms with Crippen molar-refractivity contribution in [3.8, 4) is 0 Å². The van der Waals surface area contributed by atoms with E-state index in [1.165, 1.54) is 0 Å². The number of hydrogen-bond acceptors (Lipinski definition) is 2. The van der Waals surface area contributed by atoms with Gasteiger partial charge in [-0.15, -0.1) is 0 Å². The molecule has 0 bridgehead atoms. The average Bonchev–Trinajstić information content (AvgIpc) is 1.85. The van der Waals surface area contributed by atoms with Crippen LogP contribution in [0.3, 0.4) is 0 Å². The lowest BCUT2D eigenvalue weighted by Gasteiger charge is -2.33. The Morgan fingerprint density at radius 2 is 2.09 bits per heavy atom. The molecule has 1 amide bonds. The van der Waals surface area contributed by atoms with Crippen LogP contribution >= 0.6 is 0 Å². The molecular weight excluding hydrogens is 144 g/mol. The smallest absolute Gasteiger partial charge is 0.405 e. The molecule has 64 valence electrons. The van der Waals surface area contributed by atoms with Gasteiger partial charge < -0.3 is 15.7 Å². The molecule has 1 fully saturated rings. The summed E-state index contributed by atoms with van der Waals surface area (Å²) in [6.45, 7) is 3.75. The molecule has 0 unspecified atom stereocenters. The lowest BCUT2D eigenvalue weighted by Crippen LogP contribution is -2.51. The van der Waals surface area contributed by atoms with Gasteiger partial charge in [-0.3, -0.25) is 0 Å². The molecular formula is C7H14N2O2. The predicted octanol–water partition coefficient (Wildman–Crippen LogP) is 0.396. The number of amides is 1. The van der Waals surface area contributed by atoms with Crippen molar-refractivity contribution in [2.24, 2.45) is 0 Å². The van der Waals surface area contributed by atoms with Crippen LogP contribution in [0.2, 0.25) is 0 Å². The van der Waals surface area contributed by atoms with Crippen LogP contribution in [0.5, 0.6) is 0 Å². The molecule has 1 aliphatic heterocycles. The zero-order valence-electron chi connectivity index (χ0n) is 6.68. The van der Waals surface area contributed by atoms with Crippen molar-refractivity contribution < 1.29 is 9.90 Å². The second-order valence-electron chi connectivity index (χ2n) is 3.24. The van der Waals surface area contributed by atoms with Crippen LogP contribution in [-0.2, 0) is 0 Å². The summed E-state index contributed by atoms with van der Waals surface area (Å²) in [6.07, 6.45) is 0.827. The third-order valence-corrected chi connectivity index (χ3v) is 2.12. The van der Waals surface area contributed by atoms with Crippen molar-refractivity contribution in [3.63, 3.8) is 0 Å². The average molecular weight is 158 g/mol. The maximum atomic E-state index is 10.3. The zero-order chi connectivity index (χ0) is 8.32. The normalized spacial score (nSPS) is 22.6. The third-order valence-electron chi connectivity index (χ3n) is 2.12. The maximum absolute atomic E-state index is 10.3. The van der Waals surface area contributed by atoms with Gasteiger partial charge in [0.05, 0.1) is 0 Å². The van der Waals surface area contributed by atoms with Crippen LogP contribution in [-0.4, -0.2) is 29.8 Å². The summed E-state index contributed by atoms with van der Waals surface area (Å²) in [5.41, 5.74) is -0.211. The van der Waals surface area contributed by atoms with E-state index >= 15 is 0 Å². The minimum absolute atomic E-state index is 0.211. The molecule has 4 heteroatoms. The largest absolute Gasteiger partial charge is 0.465 e. The van der Waals surface area contributed by atoms with Crippen LogP contribution in [0.4, 0.5) is 4.79 Å². The highest BCUT2D eigenvalue weighted by molar-refractivity contribution is 5.65. The van der Waals surface area contributed by atoms with Crippen LogP contribution in [0.15, 0.2) is 0 Å². The number of rotatable bonds is 1. The molecule has 1 rings (SSSR count). The summed E-state index contributed by atoms with van der Waals surface area (Å²) in [5, 5.41) is 14.2. The van der Waals surface area contributed by atoms with E-state index in [0.717, 1.165) is 25.9 Å². The number of carboxylic acid groups (broad SMARTS) is 1. The summed E-state index contributed by atoms with van der Waals surface area (Å²) >= 11 is 0. The molecule has 1 heterocycles. The predicted molar refractivity (Wildman–Crippen MR) is 41.7 cm³/mol. The SMILES string of the molecule is CC1(NC(=O)O)CCNCC1. The van der Waals surface area contributed by atoms with Crippen LogP contribution in [0, 0.1) is 0 Å². The molecule has 0 radical (unpaired) electrons. The minimum atomic E-state index is -0.922. The fourth-order valence-electron chi connectivity index (χ4n) is 1.36. The highest BCUT2D eigenvalue weighted by atomic mass is 16.4. The summed E-state index contributed by atoms with van der Waals surface area (Å²) in [7, 11) is 0. The van der Waals surface area contributed by atoms with E-state index < -0.39 is 6.09 Å². The molecule has 1 aliphatic rings. The Bertz CT molecular complexity index is 153. The van der Waals surface area contributed by atoms with Gasteiger partial charge >= 0.3 is 6.09 Å². The molecule has 0 aliphatic carbocycles. The Morgan fingerprint density at radius 3 is 2.55 bits per heavy atom. The van der Waals surface area contributed by atoms with Crippen molar-refractivity contribution >= 4 is 6.09 Å². The Balaban J connectivity index is 2.43. The first-order valence-corrected chi connectivity index (χ1v) is 3.84. The Kier molecular flexibility index (Phi) is 2.34. The lowest BCUT2D eigenvalue weighted by atomic mass is 9.91. The Labute approximate surface area is 66.0 Å². The standard InChI is InChI=1S/C7H14N2O2/c1-7(9-6(10)11)2-4-8-5-3-7/h8-9H,2-5H2,1H3,(H,10,11). The van der Waals surface area contributed by atoms with Crippen molar-refractivity contribution in [1.29, 1.82) is 0 Å².